The van der Waals surface area contributed by atoms with E-state index in [0.717, 1.165) is 15.6 Å². The molecule has 0 aliphatic carbocycles. The lowest BCUT2D eigenvalue weighted by Gasteiger charge is -2.33. The summed E-state index contributed by atoms with van der Waals surface area (Å²) in [6, 6.07) is 16.7. The number of amides is 2. The molecule has 2 aromatic heterocycles. The number of anilines is 1. The number of nitrogens with one attached hydrogen (secondary N) is 1. The summed E-state index contributed by atoms with van der Waals surface area (Å²) in [7, 11) is 0. The molecule has 1 aliphatic rings. The first-order valence-corrected chi connectivity index (χ1v) is 10.4. The van der Waals surface area contributed by atoms with Gasteiger partial charge >= 0.3 is 6.03 Å². The molecule has 1 aliphatic heterocycles. The number of rotatable bonds is 4. The third-order valence-corrected chi connectivity index (χ3v) is 5.67. The smallest absolute Gasteiger partial charge is 0.322 e. The molecule has 148 valence electrons. The Labute approximate surface area is 178 Å². The Morgan fingerprint density at radius 3 is 2.76 bits per heavy atom. The van der Waals surface area contributed by atoms with Crippen molar-refractivity contribution in [2.45, 2.75) is 16.2 Å². The predicted octanol–water partition coefficient (Wildman–Crippen LogP) is 4.89. The minimum absolute atomic E-state index is 0.176. The fraction of sp³-hybridized carbons (Fsp3) is 0.190. The first kappa shape index (κ1) is 19.7. The highest BCUT2D eigenvalue weighted by atomic mass is 35.5. The monoisotopic (exact) mass is 426 g/mol. The number of halogens is 1. The molecular formula is C21H19ClN4O2S. The maximum atomic E-state index is 12.8. The van der Waals surface area contributed by atoms with Gasteiger partial charge in [0.15, 0.2) is 0 Å². The van der Waals surface area contributed by atoms with Crippen molar-refractivity contribution in [1.29, 1.82) is 0 Å². The van der Waals surface area contributed by atoms with Crippen LogP contribution in [-0.4, -0.2) is 40.6 Å². The Hall–Kier alpha value is -2.61. The molecule has 1 unspecified atom stereocenters. The zero-order valence-electron chi connectivity index (χ0n) is 15.5. The first-order chi connectivity index (χ1) is 14.2. The number of ether oxygens (including phenoxy) is 1. The van der Waals surface area contributed by atoms with E-state index in [1.807, 2.05) is 48.5 Å². The van der Waals surface area contributed by atoms with Crippen LogP contribution < -0.4 is 5.32 Å². The van der Waals surface area contributed by atoms with E-state index in [9.17, 15) is 4.79 Å². The van der Waals surface area contributed by atoms with Crippen LogP contribution in [0.5, 0.6) is 0 Å². The Bertz CT molecular complexity index is 989. The number of aromatic nitrogens is 2. The number of pyridine rings is 2. The number of urea groups is 1. The van der Waals surface area contributed by atoms with Gasteiger partial charge in [-0.2, -0.15) is 0 Å². The van der Waals surface area contributed by atoms with Crippen molar-refractivity contribution in [3.63, 3.8) is 0 Å². The summed E-state index contributed by atoms with van der Waals surface area (Å²) in [6.45, 7) is 1.42. The topological polar surface area (TPSA) is 67.4 Å². The molecule has 1 aromatic carbocycles. The molecule has 1 atom stereocenters. The average molecular weight is 427 g/mol. The number of hydrogen-bond acceptors (Lipinski definition) is 5. The molecule has 0 spiro atoms. The summed E-state index contributed by atoms with van der Waals surface area (Å²) >= 11 is 7.73. The molecule has 1 saturated heterocycles. The largest absolute Gasteiger partial charge is 0.370 e. The maximum Gasteiger partial charge on any atom is 0.322 e. The summed E-state index contributed by atoms with van der Waals surface area (Å²) in [5.41, 5.74) is 1.58. The van der Waals surface area contributed by atoms with Gasteiger partial charge in [-0.25, -0.2) is 14.8 Å². The third kappa shape index (κ3) is 5.06. The quantitative estimate of drug-likeness (QED) is 0.643. The molecule has 0 saturated carbocycles. The molecule has 3 heterocycles. The van der Waals surface area contributed by atoms with E-state index in [0.29, 0.717) is 30.4 Å². The van der Waals surface area contributed by atoms with Crippen molar-refractivity contribution in [1.82, 2.24) is 14.9 Å². The van der Waals surface area contributed by atoms with Gasteiger partial charge < -0.3 is 15.0 Å². The molecule has 2 amide bonds. The lowest BCUT2D eigenvalue weighted by Crippen LogP contribution is -2.44. The van der Waals surface area contributed by atoms with E-state index < -0.39 is 0 Å². The SMILES string of the molecule is O=C(Nc1ccnc(Sc2ccccn2)c1)N1CCOC(c2ccccc2Cl)C1. The number of morpholine rings is 1. The van der Waals surface area contributed by atoms with Gasteiger partial charge in [0, 0.05) is 35.2 Å². The third-order valence-electron chi connectivity index (χ3n) is 4.44. The van der Waals surface area contributed by atoms with Crippen LogP contribution in [0.25, 0.3) is 0 Å². The molecule has 3 aromatic rings. The van der Waals surface area contributed by atoms with Crippen LogP contribution in [0.4, 0.5) is 10.5 Å². The molecule has 6 nitrogen and oxygen atoms in total. The fourth-order valence-electron chi connectivity index (χ4n) is 3.02. The van der Waals surface area contributed by atoms with Crippen LogP contribution in [0.1, 0.15) is 11.7 Å². The van der Waals surface area contributed by atoms with E-state index in [4.69, 9.17) is 16.3 Å². The number of hydrogen-bond donors (Lipinski definition) is 1. The van der Waals surface area contributed by atoms with Crippen LogP contribution in [0, 0.1) is 0 Å². The molecule has 0 bridgehead atoms. The zero-order valence-corrected chi connectivity index (χ0v) is 17.1. The molecule has 4 rings (SSSR count). The summed E-state index contributed by atoms with van der Waals surface area (Å²) in [6.07, 6.45) is 3.17. The van der Waals surface area contributed by atoms with E-state index in [2.05, 4.69) is 15.3 Å². The van der Waals surface area contributed by atoms with Gasteiger partial charge in [-0.05, 0) is 30.3 Å². The highest BCUT2D eigenvalue weighted by Crippen LogP contribution is 2.29. The van der Waals surface area contributed by atoms with E-state index >= 15 is 0 Å². The number of benzene rings is 1. The normalized spacial score (nSPS) is 16.4. The Kier molecular flexibility index (Phi) is 6.29. The van der Waals surface area contributed by atoms with Crippen molar-refractivity contribution >= 4 is 35.1 Å². The van der Waals surface area contributed by atoms with Crippen molar-refractivity contribution in [2.24, 2.45) is 0 Å². The maximum absolute atomic E-state index is 12.8. The molecule has 1 fully saturated rings. The minimum Gasteiger partial charge on any atom is -0.370 e. The van der Waals surface area contributed by atoms with Crippen molar-refractivity contribution in [3.05, 3.63) is 77.6 Å². The second-order valence-corrected chi connectivity index (χ2v) is 7.86. The fourth-order valence-corrected chi connectivity index (χ4v) is 4.05. The Morgan fingerprint density at radius 2 is 1.93 bits per heavy atom. The van der Waals surface area contributed by atoms with Gasteiger partial charge in [0.05, 0.1) is 13.2 Å². The standard InChI is InChI=1S/C21H19ClN4O2S/c22-17-6-2-1-5-16(17)18-14-26(11-12-28-18)21(27)25-15-8-10-24-20(13-15)29-19-7-3-4-9-23-19/h1-10,13,18H,11-12,14H2,(H,24,25,27). The van der Waals surface area contributed by atoms with Gasteiger partial charge in [-0.15, -0.1) is 0 Å². The number of carbonyl (C=O) groups excluding carboxylic acids is 1. The van der Waals surface area contributed by atoms with Gasteiger partial charge in [0.1, 0.15) is 16.2 Å². The molecule has 8 heteroatoms. The lowest BCUT2D eigenvalue weighted by atomic mass is 10.1. The van der Waals surface area contributed by atoms with E-state index in [1.54, 1.807) is 23.4 Å². The number of nitrogens with zero attached hydrogens (tertiary/aromatic N) is 3. The summed E-state index contributed by atoms with van der Waals surface area (Å²) in [4.78, 5) is 23.1. The lowest BCUT2D eigenvalue weighted by molar-refractivity contribution is -0.0134. The Morgan fingerprint density at radius 1 is 1.10 bits per heavy atom. The van der Waals surface area contributed by atoms with Crippen molar-refractivity contribution in [3.8, 4) is 0 Å². The van der Waals surface area contributed by atoms with Crippen molar-refractivity contribution in [2.75, 3.05) is 25.0 Å². The van der Waals surface area contributed by atoms with Crippen LogP contribution in [0.2, 0.25) is 5.02 Å². The predicted molar refractivity (Wildman–Crippen MR) is 113 cm³/mol. The highest BCUT2D eigenvalue weighted by molar-refractivity contribution is 7.99. The summed E-state index contributed by atoms with van der Waals surface area (Å²) in [5, 5.41) is 5.20. The highest BCUT2D eigenvalue weighted by Gasteiger charge is 2.26. The first-order valence-electron chi connectivity index (χ1n) is 9.16. The zero-order chi connectivity index (χ0) is 20.1. The second-order valence-electron chi connectivity index (χ2n) is 6.41. The van der Waals surface area contributed by atoms with Crippen LogP contribution in [0.15, 0.2) is 77.0 Å². The van der Waals surface area contributed by atoms with Crippen LogP contribution in [-0.2, 0) is 4.74 Å². The van der Waals surface area contributed by atoms with Crippen LogP contribution >= 0.6 is 23.4 Å². The van der Waals surface area contributed by atoms with Crippen molar-refractivity contribution < 1.29 is 9.53 Å². The number of carbonyl (C=O) groups is 1. The van der Waals surface area contributed by atoms with E-state index in [1.165, 1.54) is 11.8 Å². The summed E-state index contributed by atoms with van der Waals surface area (Å²) < 4.78 is 5.83. The Balaban J connectivity index is 1.41. The van der Waals surface area contributed by atoms with Gasteiger partial charge in [-0.1, -0.05) is 47.6 Å². The molecule has 1 N–H and O–H groups in total. The molecular weight excluding hydrogens is 408 g/mol. The van der Waals surface area contributed by atoms with Gasteiger partial charge in [0.25, 0.3) is 0 Å². The molecule has 0 radical (unpaired) electrons. The van der Waals surface area contributed by atoms with E-state index in [-0.39, 0.29) is 12.1 Å². The second kappa shape index (κ2) is 9.26. The van der Waals surface area contributed by atoms with Crippen LogP contribution in [0.3, 0.4) is 0 Å². The van der Waals surface area contributed by atoms with Gasteiger partial charge in [0.2, 0.25) is 0 Å². The van der Waals surface area contributed by atoms with Gasteiger partial charge in [-0.3, -0.25) is 0 Å². The average Bonchev–Trinajstić information content (AvgIpc) is 2.75. The molecule has 29 heavy (non-hydrogen) atoms. The summed E-state index contributed by atoms with van der Waals surface area (Å²) in [5.74, 6) is 0. The minimum atomic E-state index is -0.240.